The molecule has 0 aliphatic carbocycles. The summed E-state index contributed by atoms with van der Waals surface area (Å²) in [5, 5.41) is 6.70. The third-order valence-corrected chi connectivity index (χ3v) is 5.98. The summed E-state index contributed by atoms with van der Waals surface area (Å²) in [5.41, 5.74) is 5.93. The number of hydrogen-bond donors (Lipinski definition) is 1. The second kappa shape index (κ2) is 10.2. The maximum absolute atomic E-state index is 12.3. The molecule has 168 valence electrons. The predicted octanol–water partition coefficient (Wildman–Crippen LogP) is 5.80. The Labute approximate surface area is 200 Å². The number of benzene rings is 4. The molecule has 0 spiro atoms. The fourth-order valence-corrected chi connectivity index (χ4v) is 4.14. The first-order valence-electron chi connectivity index (χ1n) is 10.7. The number of amides is 1. The number of oxazole rings is 1. The standard InChI is InChI=1S/C27H21N3O3S/c31-26(18-34-27-29-23-12-6-7-13-25(23)33-27)30-28-16-22-21-11-5-4-10-20(21)14-15-24(22)32-17-19-8-2-1-3-9-19/h1-16H,17-18H2,(H,30,31)/b28-16-. The normalized spacial score (nSPS) is 11.3. The van der Waals surface area contributed by atoms with E-state index in [1.165, 1.54) is 11.8 Å². The summed E-state index contributed by atoms with van der Waals surface area (Å²) in [6.45, 7) is 0.438. The summed E-state index contributed by atoms with van der Waals surface area (Å²) in [4.78, 5) is 16.7. The van der Waals surface area contributed by atoms with E-state index in [0.29, 0.717) is 23.2 Å². The first-order valence-corrected chi connectivity index (χ1v) is 11.7. The number of aromatic nitrogens is 1. The molecule has 0 atom stereocenters. The van der Waals surface area contributed by atoms with Gasteiger partial charge in [-0.3, -0.25) is 4.79 Å². The molecule has 5 rings (SSSR count). The van der Waals surface area contributed by atoms with E-state index in [2.05, 4.69) is 15.5 Å². The fraction of sp³-hybridized carbons (Fsp3) is 0.0741. The predicted molar refractivity (Wildman–Crippen MR) is 135 cm³/mol. The van der Waals surface area contributed by atoms with Crippen molar-refractivity contribution in [1.82, 2.24) is 10.4 Å². The molecule has 6 nitrogen and oxygen atoms in total. The average Bonchev–Trinajstić information content (AvgIpc) is 3.30. The lowest BCUT2D eigenvalue weighted by molar-refractivity contribution is -0.118. The monoisotopic (exact) mass is 467 g/mol. The van der Waals surface area contributed by atoms with Crippen LogP contribution in [0.3, 0.4) is 0 Å². The molecule has 34 heavy (non-hydrogen) atoms. The Hall–Kier alpha value is -4.10. The van der Waals surface area contributed by atoms with E-state index in [1.807, 2.05) is 91.0 Å². The number of nitrogens with one attached hydrogen (secondary N) is 1. The second-order valence-electron chi connectivity index (χ2n) is 7.50. The van der Waals surface area contributed by atoms with Gasteiger partial charge in [0.2, 0.25) is 0 Å². The van der Waals surface area contributed by atoms with Gasteiger partial charge in [-0.25, -0.2) is 10.4 Å². The van der Waals surface area contributed by atoms with Gasteiger partial charge in [0, 0.05) is 5.56 Å². The van der Waals surface area contributed by atoms with Crippen molar-refractivity contribution in [2.45, 2.75) is 11.8 Å². The molecular weight excluding hydrogens is 446 g/mol. The van der Waals surface area contributed by atoms with Crippen LogP contribution in [0.4, 0.5) is 0 Å². The number of nitrogens with zero attached hydrogens (tertiary/aromatic N) is 2. The molecule has 0 saturated heterocycles. The number of thioether (sulfide) groups is 1. The average molecular weight is 468 g/mol. The molecule has 0 unspecified atom stereocenters. The minimum absolute atomic E-state index is 0.136. The molecular formula is C27H21N3O3S. The van der Waals surface area contributed by atoms with Crippen LogP contribution >= 0.6 is 11.8 Å². The fourth-order valence-electron chi connectivity index (χ4n) is 3.51. The Morgan fingerprint density at radius 2 is 1.76 bits per heavy atom. The van der Waals surface area contributed by atoms with E-state index in [4.69, 9.17) is 9.15 Å². The molecule has 5 aromatic rings. The molecule has 1 heterocycles. The van der Waals surface area contributed by atoms with Gasteiger partial charge in [0.25, 0.3) is 11.1 Å². The summed E-state index contributed by atoms with van der Waals surface area (Å²) >= 11 is 1.22. The van der Waals surface area contributed by atoms with E-state index in [-0.39, 0.29) is 11.7 Å². The highest BCUT2D eigenvalue weighted by Gasteiger charge is 2.10. The molecule has 1 aromatic heterocycles. The zero-order chi connectivity index (χ0) is 23.2. The lowest BCUT2D eigenvalue weighted by Crippen LogP contribution is -2.19. The van der Waals surface area contributed by atoms with Crippen LogP contribution in [0.15, 0.2) is 106 Å². The van der Waals surface area contributed by atoms with Crippen LogP contribution in [0.2, 0.25) is 0 Å². The topological polar surface area (TPSA) is 76.7 Å². The highest BCUT2D eigenvalue weighted by molar-refractivity contribution is 7.99. The van der Waals surface area contributed by atoms with Crippen LogP contribution in [0.1, 0.15) is 11.1 Å². The molecule has 0 bridgehead atoms. The highest BCUT2D eigenvalue weighted by atomic mass is 32.2. The molecule has 7 heteroatoms. The molecule has 0 fully saturated rings. The van der Waals surface area contributed by atoms with Crippen LogP contribution in [-0.2, 0) is 11.4 Å². The first kappa shape index (κ1) is 21.7. The van der Waals surface area contributed by atoms with Crippen LogP contribution in [0, 0.1) is 0 Å². The maximum Gasteiger partial charge on any atom is 0.257 e. The lowest BCUT2D eigenvalue weighted by Gasteiger charge is -2.12. The summed E-state index contributed by atoms with van der Waals surface area (Å²) < 4.78 is 11.7. The SMILES string of the molecule is O=C(CSc1nc2ccccc2o1)N/N=C\c1c(OCc2ccccc2)ccc2ccccc12. The van der Waals surface area contributed by atoms with Gasteiger partial charge in [-0.1, -0.05) is 84.6 Å². The van der Waals surface area contributed by atoms with Crippen molar-refractivity contribution in [2.75, 3.05) is 5.75 Å². The summed E-state index contributed by atoms with van der Waals surface area (Å²) in [5.74, 6) is 0.578. The maximum atomic E-state index is 12.3. The van der Waals surface area contributed by atoms with E-state index in [1.54, 1.807) is 6.21 Å². The summed E-state index contributed by atoms with van der Waals surface area (Å²) in [7, 11) is 0. The number of ether oxygens (including phenoxy) is 1. The molecule has 0 aliphatic heterocycles. The number of fused-ring (bicyclic) bond motifs is 2. The number of hydrazone groups is 1. The smallest absolute Gasteiger partial charge is 0.257 e. The van der Waals surface area contributed by atoms with Gasteiger partial charge in [-0.05, 0) is 34.5 Å². The lowest BCUT2D eigenvalue weighted by atomic mass is 10.0. The van der Waals surface area contributed by atoms with E-state index >= 15 is 0 Å². The van der Waals surface area contributed by atoms with Crippen molar-refractivity contribution in [3.8, 4) is 5.75 Å². The van der Waals surface area contributed by atoms with Crippen molar-refractivity contribution in [2.24, 2.45) is 5.10 Å². The molecule has 1 N–H and O–H groups in total. The van der Waals surface area contributed by atoms with E-state index < -0.39 is 0 Å². The molecule has 0 aliphatic rings. The molecule has 1 amide bonds. The van der Waals surface area contributed by atoms with Crippen molar-refractivity contribution >= 4 is 45.8 Å². The van der Waals surface area contributed by atoms with Crippen molar-refractivity contribution in [3.63, 3.8) is 0 Å². The van der Waals surface area contributed by atoms with Crippen molar-refractivity contribution in [3.05, 3.63) is 102 Å². The van der Waals surface area contributed by atoms with Gasteiger partial charge in [0.05, 0.1) is 12.0 Å². The van der Waals surface area contributed by atoms with Gasteiger partial charge in [0.15, 0.2) is 5.58 Å². The number of rotatable bonds is 8. The molecule has 0 saturated carbocycles. The number of carbonyl (C=O) groups excluding carboxylic acids is 1. The minimum atomic E-state index is -0.254. The first-order chi connectivity index (χ1) is 16.8. The van der Waals surface area contributed by atoms with Crippen molar-refractivity contribution < 1.29 is 13.9 Å². The summed E-state index contributed by atoms with van der Waals surface area (Å²) in [6.07, 6.45) is 1.63. The number of carbonyl (C=O) groups is 1. The van der Waals surface area contributed by atoms with Gasteiger partial charge >= 0.3 is 0 Å². The third-order valence-electron chi connectivity index (χ3n) is 5.15. The number of para-hydroxylation sites is 2. The Morgan fingerprint density at radius 3 is 2.65 bits per heavy atom. The number of hydrogen-bond acceptors (Lipinski definition) is 6. The Kier molecular flexibility index (Phi) is 6.54. The largest absolute Gasteiger partial charge is 0.488 e. The van der Waals surface area contributed by atoms with Crippen molar-refractivity contribution in [1.29, 1.82) is 0 Å². The van der Waals surface area contributed by atoms with Crippen LogP contribution in [-0.4, -0.2) is 22.9 Å². The zero-order valence-electron chi connectivity index (χ0n) is 18.2. The molecule has 4 aromatic carbocycles. The Morgan fingerprint density at radius 1 is 0.971 bits per heavy atom. The van der Waals surface area contributed by atoms with Crippen LogP contribution in [0.5, 0.6) is 5.75 Å². The van der Waals surface area contributed by atoms with Gasteiger partial charge in [-0.2, -0.15) is 5.10 Å². The minimum Gasteiger partial charge on any atom is -0.488 e. The van der Waals surface area contributed by atoms with E-state index in [9.17, 15) is 4.79 Å². The van der Waals surface area contributed by atoms with Gasteiger partial charge < -0.3 is 9.15 Å². The van der Waals surface area contributed by atoms with Crippen LogP contribution in [0.25, 0.3) is 21.9 Å². The van der Waals surface area contributed by atoms with Gasteiger partial charge in [0.1, 0.15) is 17.9 Å². The third kappa shape index (κ3) is 5.10. The van der Waals surface area contributed by atoms with Gasteiger partial charge in [-0.15, -0.1) is 0 Å². The summed E-state index contributed by atoms with van der Waals surface area (Å²) in [6, 6.07) is 29.4. The quantitative estimate of drug-likeness (QED) is 0.177. The molecule has 0 radical (unpaired) electrons. The zero-order valence-corrected chi connectivity index (χ0v) is 19.0. The van der Waals surface area contributed by atoms with E-state index in [0.717, 1.165) is 27.4 Å². The van der Waals surface area contributed by atoms with Crippen LogP contribution < -0.4 is 10.2 Å². The highest BCUT2D eigenvalue weighted by Crippen LogP contribution is 2.27. The second-order valence-corrected chi connectivity index (χ2v) is 8.43. The Bertz CT molecular complexity index is 1430. The Balaban J connectivity index is 1.27.